The SMILES string of the molecule is CC(NC(=O)C1C[C@@H](O)CN1C(=O)OC(C)(C)C)c1ccc(Br)cc1. The highest BCUT2D eigenvalue weighted by atomic mass is 79.9. The van der Waals surface area contributed by atoms with Crippen LogP contribution in [0.5, 0.6) is 0 Å². The van der Waals surface area contributed by atoms with E-state index in [2.05, 4.69) is 21.2 Å². The molecule has 2 unspecified atom stereocenters. The van der Waals surface area contributed by atoms with Gasteiger partial charge in [-0.2, -0.15) is 0 Å². The number of likely N-dealkylation sites (tertiary alicyclic amines) is 1. The number of hydrogen-bond acceptors (Lipinski definition) is 4. The number of benzene rings is 1. The van der Waals surface area contributed by atoms with Gasteiger partial charge in [0.05, 0.1) is 18.7 Å². The summed E-state index contributed by atoms with van der Waals surface area (Å²) in [6.45, 7) is 7.27. The van der Waals surface area contributed by atoms with Crippen molar-refractivity contribution in [1.29, 1.82) is 0 Å². The maximum Gasteiger partial charge on any atom is 0.411 e. The van der Waals surface area contributed by atoms with Crippen LogP contribution in [-0.4, -0.2) is 46.3 Å². The van der Waals surface area contributed by atoms with Gasteiger partial charge in [0.25, 0.3) is 0 Å². The third-order valence-electron chi connectivity index (χ3n) is 3.94. The first kappa shape index (κ1) is 19.7. The van der Waals surface area contributed by atoms with Crippen LogP contribution in [0.25, 0.3) is 0 Å². The van der Waals surface area contributed by atoms with Crippen molar-refractivity contribution in [2.24, 2.45) is 0 Å². The molecule has 0 spiro atoms. The summed E-state index contributed by atoms with van der Waals surface area (Å²) in [6, 6.07) is 6.71. The number of aliphatic hydroxyl groups excluding tert-OH is 1. The number of halogens is 1. The van der Waals surface area contributed by atoms with Gasteiger partial charge >= 0.3 is 6.09 Å². The molecule has 2 N–H and O–H groups in total. The predicted molar refractivity (Wildman–Crippen MR) is 98.1 cm³/mol. The molecule has 1 heterocycles. The minimum absolute atomic E-state index is 0.0969. The summed E-state index contributed by atoms with van der Waals surface area (Å²) in [6.07, 6.45) is -1.11. The smallest absolute Gasteiger partial charge is 0.411 e. The van der Waals surface area contributed by atoms with Gasteiger partial charge in [-0.25, -0.2) is 4.79 Å². The van der Waals surface area contributed by atoms with E-state index in [1.807, 2.05) is 31.2 Å². The van der Waals surface area contributed by atoms with Gasteiger partial charge in [-0.05, 0) is 45.4 Å². The highest BCUT2D eigenvalue weighted by Gasteiger charge is 2.41. The van der Waals surface area contributed by atoms with Gasteiger partial charge in [0.1, 0.15) is 11.6 Å². The monoisotopic (exact) mass is 412 g/mol. The van der Waals surface area contributed by atoms with Gasteiger partial charge in [-0.1, -0.05) is 28.1 Å². The Balaban J connectivity index is 2.05. The zero-order chi connectivity index (χ0) is 18.8. The van der Waals surface area contributed by atoms with Crippen LogP contribution in [0.3, 0.4) is 0 Å². The molecule has 0 radical (unpaired) electrons. The van der Waals surface area contributed by atoms with Crippen LogP contribution < -0.4 is 5.32 Å². The normalized spacial score (nSPS) is 21.8. The van der Waals surface area contributed by atoms with E-state index in [4.69, 9.17) is 4.74 Å². The summed E-state index contributed by atoms with van der Waals surface area (Å²) >= 11 is 3.38. The molecule has 25 heavy (non-hydrogen) atoms. The molecule has 2 amide bonds. The fourth-order valence-corrected chi connectivity index (χ4v) is 2.99. The van der Waals surface area contributed by atoms with Crippen molar-refractivity contribution < 1.29 is 19.4 Å². The summed E-state index contributed by atoms with van der Waals surface area (Å²) in [4.78, 5) is 26.3. The van der Waals surface area contributed by atoms with E-state index in [1.165, 1.54) is 4.90 Å². The fraction of sp³-hybridized carbons (Fsp3) is 0.556. The van der Waals surface area contributed by atoms with E-state index in [0.717, 1.165) is 10.0 Å². The zero-order valence-corrected chi connectivity index (χ0v) is 16.5. The average Bonchev–Trinajstić information content (AvgIpc) is 2.88. The van der Waals surface area contributed by atoms with E-state index in [1.54, 1.807) is 20.8 Å². The number of ether oxygens (including phenoxy) is 1. The van der Waals surface area contributed by atoms with Crippen molar-refractivity contribution in [3.8, 4) is 0 Å². The molecule has 1 aromatic rings. The molecule has 1 aliphatic heterocycles. The maximum absolute atomic E-state index is 12.6. The van der Waals surface area contributed by atoms with Gasteiger partial charge in [-0.3, -0.25) is 9.69 Å². The molecule has 1 saturated heterocycles. The Morgan fingerprint density at radius 3 is 2.48 bits per heavy atom. The Kier molecular flexibility index (Phi) is 6.11. The topological polar surface area (TPSA) is 78.9 Å². The van der Waals surface area contributed by atoms with Gasteiger partial charge < -0.3 is 15.2 Å². The van der Waals surface area contributed by atoms with Crippen LogP contribution in [-0.2, 0) is 9.53 Å². The molecule has 1 fully saturated rings. The lowest BCUT2D eigenvalue weighted by atomic mass is 10.1. The molecule has 0 saturated carbocycles. The van der Waals surface area contributed by atoms with Gasteiger partial charge in [-0.15, -0.1) is 0 Å². The first-order valence-electron chi connectivity index (χ1n) is 8.30. The van der Waals surface area contributed by atoms with Gasteiger partial charge in [0.2, 0.25) is 5.91 Å². The summed E-state index contributed by atoms with van der Waals surface area (Å²) in [5.41, 5.74) is 0.301. The number of carbonyl (C=O) groups excluding carboxylic acids is 2. The van der Waals surface area contributed by atoms with Crippen LogP contribution in [0, 0.1) is 0 Å². The van der Waals surface area contributed by atoms with Crippen LogP contribution >= 0.6 is 15.9 Å². The Morgan fingerprint density at radius 1 is 1.32 bits per heavy atom. The number of aliphatic hydroxyl groups is 1. The van der Waals surface area contributed by atoms with Crippen LogP contribution in [0.15, 0.2) is 28.7 Å². The van der Waals surface area contributed by atoms with E-state index in [-0.39, 0.29) is 24.9 Å². The van der Waals surface area contributed by atoms with E-state index < -0.39 is 23.8 Å². The van der Waals surface area contributed by atoms with Crippen LogP contribution in [0.1, 0.15) is 45.7 Å². The zero-order valence-electron chi connectivity index (χ0n) is 15.0. The number of rotatable bonds is 3. The molecule has 0 aliphatic carbocycles. The summed E-state index contributed by atoms with van der Waals surface area (Å²) in [5.74, 6) is -0.294. The Hall–Kier alpha value is -1.60. The number of hydrogen-bond donors (Lipinski definition) is 2. The van der Waals surface area contributed by atoms with E-state index in [9.17, 15) is 14.7 Å². The van der Waals surface area contributed by atoms with Crippen molar-refractivity contribution in [3.05, 3.63) is 34.3 Å². The third kappa shape index (κ3) is 5.44. The second-order valence-electron chi connectivity index (χ2n) is 7.32. The minimum Gasteiger partial charge on any atom is -0.444 e. The third-order valence-corrected chi connectivity index (χ3v) is 4.47. The lowest BCUT2D eigenvalue weighted by Crippen LogP contribution is -2.48. The second-order valence-corrected chi connectivity index (χ2v) is 8.24. The summed E-state index contributed by atoms with van der Waals surface area (Å²) < 4.78 is 6.31. The van der Waals surface area contributed by atoms with Crippen molar-refractivity contribution in [2.45, 2.75) is 57.9 Å². The van der Waals surface area contributed by atoms with Crippen molar-refractivity contribution in [3.63, 3.8) is 0 Å². The number of amides is 2. The van der Waals surface area contributed by atoms with Gasteiger partial charge in [0.15, 0.2) is 0 Å². The quantitative estimate of drug-likeness (QED) is 0.799. The number of nitrogens with one attached hydrogen (secondary N) is 1. The number of β-amino-alcohol motifs (C(OH)–C–C–N with tert-alkyl or cyclic N) is 1. The number of carbonyl (C=O) groups is 2. The highest BCUT2D eigenvalue weighted by Crippen LogP contribution is 2.23. The Morgan fingerprint density at radius 2 is 1.92 bits per heavy atom. The molecule has 3 atom stereocenters. The summed E-state index contributed by atoms with van der Waals surface area (Å²) in [7, 11) is 0. The van der Waals surface area contributed by atoms with Crippen LogP contribution in [0.2, 0.25) is 0 Å². The largest absolute Gasteiger partial charge is 0.444 e. The molecule has 1 aromatic carbocycles. The van der Waals surface area contributed by atoms with Gasteiger partial charge in [0, 0.05) is 10.9 Å². The van der Waals surface area contributed by atoms with Crippen molar-refractivity contribution in [2.75, 3.05) is 6.54 Å². The molecule has 1 aliphatic rings. The molecule has 2 rings (SSSR count). The average molecular weight is 413 g/mol. The van der Waals surface area contributed by atoms with E-state index in [0.29, 0.717) is 0 Å². The van der Waals surface area contributed by atoms with Crippen molar-refractivity contribution in [1.82, 2.24) is 10.2 Å². The van der Waals surface area contributed by atoms with E-state index >= 15 is 0 Å². The maximum atomic E-state index is 12.6. The molecule has 7 heteroatoms. The molecule has 138 valence electrons. The first-order valence-corrected chi connectivity index (χ1v) is 9.09. The summed E-state index contributed by atoms with van der Waals surface area (Å²) in [5, 5.41) is 12.8. The van der Waals surface area contributed by atoms with Crippen LogP contribution in [0.4, 0.5) is 4.79 Å². The lowest BCUT2D eigenvalue weighted by Gasteiger charge is -2.28. The minimum atomic E-state index is -0.734. The second kappa shape index (κ2) is 7.74. The standard InChI is InChI=1S/C18H25BrN2O4/c1-11(12-5-7-13(19)8-6-12)20-16(23)15-9-14(22)10-21(15)17(24)25-18(2,3)4/h5-8,11,14-15,22H,9-10H2,1-4H3,(H,20,23)/t11?,14-,15?/m1/s1. The molecule has 0 bridgehead atoms. The number of nitrogens with zero attached hydrogens (tertiary/aromatic N) is 1. The first-order chi connectivity index (χ1) is 11.6. The molecular weight excluding hydrogens is 388 g/mol. The Bertz CT molecular complexity index is 627. The Labute approximate surface area is 156 Å². The molecule has 0 aromatic heterocycles. The van der Waals surface area contributed by atoms with Crippen molar-refractivity contribution >= 4 is 27.9 Å². The molecule has 6 nitrogen and oxygen atoms in total. The lowest BCUT2D eigenvalue weighted by molar-refractivity contribution is -0.126. The molecular formula is C18H25BrN2O4. The highest BCUT2D eigenvalue weighted by molar-refractivity contribution is 9.10. The predicted octanol–water partition coefficient (Wildman–Crippen LogP) is 3.00. The fourth-order valence-electron chi connectivity index (χ4n) is 2.73.